The molecule has 2 aromatic heterocycles. The van der Waals surface area contributed by atoms with Crippen molar-refractivity contribution >= 4 is 17.1 Å². The maximum atomic E-state index is 12.5. The van der Waals surface area contributed by atoms with Crippen molar-refractivity contribution in [1.82, 2.24) is 23.6 Å². The Kier molecular flexibility index (Phi) is 3.80. The van der Waals surface area contributed by atoms with E-state index in [2.05, 4.69) is 4.98 Å². The number of carbonyl (C=O) groups excluding carboxylic acids is 1. The number of aromatic nitrogens is 4. The van der Waals surface area contributed by atoms with Gasteiger partial charge in [-0.3, -0.25) is 18.7 Å². The van der Waals surface area contributed by atoms with E-state index in [1.54, 1.807) is 11.9 Å². The highest BCUT2D eigenvalue weighted by atomic mass is 16.2. The molecule has 0 aliphatic carbocycles. The number of hydrogen-bond donors (Lipinski definition) is 1. The number of amides is 1. The molecule has 9 heteroatoms. The minimum Gasteiger partial charge on any atom is -0.337 e. The fourth-order valence-corrected chi connectivity index (χ4v) is 3.16. The average Bonchev–Trinajstić information content (AvgIpc) is 3.17. The molecular weight excluding hydrogens is 300 g/mol. The Hall–Kier alpha value is -2.42. The first-order valence-electron chi connectivity index (χ1n) is 7.56. The van der Waals surface area contributed by atoms with Gasteiger partial charge < -0.3 is 15.2 Å². The summed E-state index contributed by atoms with van der Waals surface area (Å²) in [6.07, 6.45) is 3.27. The molecule has 2 aromatic rings. The molecule has 0 unspecified atom stereocenters. The Morgan fingerprint density at radius 1 is 1.35 bits per heavy atom. The topological polar surface area (TPSA) is 108 Å². The highest BCUT2D eigenvalue weighted by Gasteiger charge is 2.28. The van der Waals surface area contributed by atoms with E-state index in [9.17, 15) is 14.4 Å². The number of likely N-dealkylation sites (tertiary alicyclic amines) is 1. The van der Waals surface area contributed by atoms with Gasteiger partial charge in [0, 0.05) is 33.2 Å². The van der Waals surface area contributed by atoms with Crippen LogP contribution in [0.3, 0.4) is 0 Å². The molecule has 1 aliphatic heterocycles. The van der Waals surface area contributed by atoms with Crippen molar-refractivity contribution in [2.45, 2.75) is 25.4 Å². The molecule has 0 saturated carbocycles. The van der Waals surface area contributed by atoms with Crippen LogP contribution in [0.15, 0.2) is 15.9 Å². The van der Waals surface area contributed by atoms with Crippen LogP contribution in [0, 0.1) is 0 Å². The summed E-state index contributed by atoms with van der Waals surface area (Å²) in [5.41, 5.74) is 5.34. The monoisotopic (exact) mass is 320 g/mol. The third-order valence-corrected chi connectivity index (χ3v) is 4.49. The zero-order chi connectivity index (χ0) is 16.7. The zero-order valence-electron chi connectivity index (χ0n) is 13.2. The van der Waals surface area contributed by atoms with Crippen molar-refractivity contribution in [2.24, 2.45) is 19.8 Å². The molecule has 1 aliphatic rings. The molecule has 0 bridgehead atoms. The van der Waals surface area contributed by atoms with Crippen LogP contribution in [0.4, 0.5) is 0 Å². The number of nitrogens with zero attached hydrogens (tertiary/aromatic N) is 5. The molecule has 1 atom stereocenters. The van der Waals surface area contributed by atoms with Crippen LogP contribution < -0.4 is 17.0 Å². The highest BCUT2D eigenvalue weighted by Crippen LogP contribution is 2.17. The zero-order valence-corrected chi connectivity index (χ0v) is 13.2. The molecule has 23 heavy (non-hydrogen) atoms. The van der Waals surface area contributed by atoms with E-state index in [1.165, 1.54) is 22.5 Å². The molecule has 2 N–H and O–H groups in total. The van der Waals surface area contributed by atoms with Crippen LogP contribution >= 0.6 is 0 Å². The van der Waals surface area contributed by atoms with Crippen LogP contribution in [0.5, 0.6) is 0 Å². The van der Waals surface area contributed by atoms with Gasteiger partial charge in [0.05, 0.1) is 6.33 Å². The molecule has 0 aromatic carbocycles. The first kappa shape index (κ1) is 15.5. The molecule has 1 saturated heterocycles. The minimum absolute atomic E-state index is 0.0143. The lowest BCUT2D eigenvalue weighted by Gasteiger charge is -2.23. The van der Waals surface area contributed by atoms with Gasteiger partial charge in [0.25, 0.3) is 5.56 Å². The Balaban J connectivity index is 2.00. The second kappa shape index (κ2) is 5.65. The third kappa shape index (κ3) is 2.37. The van der Waals surface area contributed by atoms with E-state index in [1.807, 2.05) is 0 Å². The van der Waals surface area contributed by atoms with Crippen molar-refractivity contribution in [2.75, 3.05) is 13.1 Å². The van der Waals surface area contributed by atoms with Gasteiger partial charge in [-0.25, -0.2) is 9.78 Å². The van der Waals surface area contributed by atoms with Crippen molar-refractivity contribution in [1.29, 1.82) is 0 Å². The summed E-state index contributed by atoms with van der Waals surface area (Å²) in [5, 5.41) is 0. The van der Waals surface area contributed by atoms with Gasteiger partial charge >= 0.3 is 5.69 Å². The molecule has 1 amide bonds. The summed E-state index contributed by atoms with van der Waals surface area (Å²) >= 11 is 0. The molecule has 3 rings (SSSR count). The summed E-state index contributed by atoms with van der Waals surface area (Å²) < 4.78 is 3.82. The number of nitrogens with two attached hydrogens (primary N) is 1. The smallest absolute Gasteiger partial charge is 0.332 e. The summed E-state index contributed by atoms with van der Waals surface area (Å²) in [5.74, 6) is -0.0897. The van der Waals surface area contributed by atoms with Gasteiger partial charge in [-0.2, -0.15) is 0 Å². The lowest BCUT2D eigenvalue weighted by molar-refractivity contribution is -0.132. The number of rotatable bonds is 3. The predicted octanol–water partition coefficient (Wildman–Crippen LogP) is -1.62. The van der Waals surface area contributed by atoms with E-state index in [4.69, 9.17) is 5.73 Å². The summed E-state index contributed by atoms with van der Waals surface area (Å²) in [6.45, 7) is 1.14. The molecule has 124 valence electrons. The molecule has 1 fully saturated rings. The summed E-state index contributed by atoms with van der Waals surface area (Å²) in [4.78, 5) is 42.7. The largest absolute Gasteiger partial charge is 0.337 e. The van der Waals surface area contributed by atoms with Gasteiger partial charge in [-0.1, -0.05) is 0 Å². The average molecular weight is 320 g/mol. The molecule has 3 heterocycles. The Labute approximate surface area is 131 Å². The lowest BCUT2D eigenvalue weighted by atomic mass is 10.2. The van der Waals surface area contributed by atoms with Crippen LogP contribution in [0.25, 0.3) is 11.2 Å². The fourth-order valence-electron chi connectivity index (χ4n) is 3.16. The van der Waals surface area contributed by atoms with E-state index in [0.29, 0.717) is 13.1 Å². The van der Waals surface area contributed by atoms with Crippen LogP contribution in [-0.4, -0.2) is 48.6 Å². The molecule has 0 spiro atoms. The van der Waals surface area contributed by atoms with Crippen molar-refractivity contribution < 1.29 is 4.79 Å². The van der Waals surface area contributed by atoms with E-state index in [0.717, 1.165) is 17.4 Å². The predicted molar refractivity (Wildman–Crippen MR) is 84.0 cm³/mol. The SMILES string of the molecule is Cn1c(=O)c2c(ncn2CC(=O)N2CCC[C@@H]2CN)n(C)c1=O. The Bertz CT molecular complexity index is 877. The molecule has 9 nitrogen and oxygen atoms in total. The normalized spacial score (nSPS) is 18.0. The Morgan fingerprint density at radius 3 is 2.78 bits per heavy atom. The van der Waals surface area contributed by atoms with Gasteiger partial charge in [0.15, 0.2) is 11.2 Å². The quantitative estimate of drug-likeness (QED) is 0.731. The summed E-state index contributed by atoms with van der Waals surface area (Å²) in [6, 6.07) is 0.0597. The van der Waals surface area contributed by atoms with E-state index < -0.39 is 11.2 Å². The fraction of sp³-hybridized carbons (Fsp3) is 0.571. The maximum Gasteiger partial charge on any atom is 0.332 e. The van der Waals surface area contributed by atoms with Gasteiger partial charge in [0.2, 0.25) is 5.91 Å². The lowest BCUT2D eigenvalue weighted by Crippen LogP contribution is -2.42. The number of hydrogen-bond acceptors (Lipinski definition) is 5. The standard InChI is InChI=1S/C14H20N6O3/c1-17-12-11(13(22)18(2)14(17)23)19(8-16-12)7-10(21)20-5-3-4-9(20)6-15/h8-9H,3-7,15H2,1-2H3/t9-/m1/s1. The first-order chi connectivity index (χ1) is 11.0. The van der Waals surface area contributed by atoms with Crippen LogP contribution in [0.2, 0.25) is 0 Å². The number of fused-ring (bicyclic) bond motifs is 1. The van der Waals surface area contributed by atoms with Gasteiger partial charge in [-0.05, 0) is 12.8 Å². The second-order valence-electron chi connectivity index (χ2n) is 5.87. The van der Waals surface area contributed by atoms with E-state index in [-0.39, 0.29) is 29.7 Å². The minimum atomic E-state index is -0.454. The third-order valence-electron chi connectivity index (χ3n) is 4.49. The summed E-state index contributed by atoms with van der Waals surface area (Å²) in [7, 11) is 2.96. The van der Waals surface area contributed by atoms with Crippen LogP contribution in [-0.2, 0) is 25.4 Å². The van der Waals surface area contributed by atoms with Crippen LogP contribution in [0.1, 0.15) is 12.8 Å². The second-order valence-corrected chi connectivity index (χ2v) is 5.87. The number of aryl methyl sites for hydroxylation is 1. The van der Waals surface area contributed by atoms with Crippen molar-refractivity contribution in [3.05, 3.63) is 27.2 Å². The number of imidazole rings is 1. The first-order valence-corrected chi connectivity index (χ1v) is 7.56. The highest BCUT2D eigenvalue weighted by molar-refractivity contribution is 5.79. The maximum absolute atomic E-state index is 12.5. The molecule has 0 radical (unpaired) electrons. The number of carbonyl (C=O) groups is 1. The van der Waals surface area contributed by atoms with Gasteiger partial charge in [-0.15, -0.1) is 0 Å². The van der Waals surface area contributed by atoms with E-state index >= 15 is 0 Å². The molecular formula is C14H20N6O3. The van der Waals surface area contributed by atoms with Crippen molar-refractivity contribution in [3.8, 4) is 0 Å². The van der Waals surface area contributed by atoms with Gasteiger partial charge in [0.1, 0.15) is 6.54 Å². The van der Waals surface area contributed by atoms with Crippen molar-refractivity contribution in [3.63, 3.8) is 0 Å². The Morgan fingerprint density at radius 2 is 2.09 bits per heavy atom.